The van der Waals surface area contributed by atoms with Gasteiger partial charge in [0.1, 0.15) is 5.39 Å². The predicted molar refractivity (Wildman–Crippen MR) is 152 cm³/mol. The summed E-state index contributed by atoms with van der Waals surface area (Å²) in [6.45, 7) is 1.35. The minimum Gasteiger partial charge on any atom is -0.342 e. The third-order valence-electron chi connectivity index (χ3n) is 9.75. The van der Waals surface area contributed by atoms with Crippen LogP contribution in [0.2, 0.25) is 0 Å². The lowest BCUT2D eigenvalue weighted by Crippen LogP contribution is -2.45. The summed E-state index contributed by atoms with van der Waals surface area (Å²) in [4.78, 5) is 27.7. The maximum absolute atomic E-state index is 14.3. The standard InChI is InChI=1S/C31H30F3N7O/c32-31(33,34)20-14-22(16-8-9-16)36-21-7-3-6-19(23(20)21)25-24-27(40-39-25)37-29(38-28(24)42)41-12-10-30(11-13-41)15-17-4-1-2-5-18(17)26(30)35/h1-2,4-6,14,16,26H,3,7-13,15,35H2,(H2,37,38,39,40,42)/t26-/m1/s1. The molecule has 4 aromatic rings. The van der Waals surface area contributed by atoms with Crippen molar-refractivity contribution in [1.82, 2.24) is 25.1 Å². The number of nitrogens with one attached hydrogen (secondary N) is 2. The number of pyridine rings is 1. The fourth-order valence-electron chi connectivity index (χ4n) is 7.33. The van der Waals surface area contributed by atoms with Crippen molar-refractivity contribution < 1.29 is 13.2 Å². The number of aryl methyl sites for hydroxylation is 1. The molecule has 1 aromatic carbocycles. The molecule has 3 aliphatic carbocycles. The Morgan fingerprint density at radius 3 is 2.62 bits per heavy atom. The number of H-pyrrole nitrogens is 2. The maximum Gasteiger partial charge on any atom is 0.417 e. The molecule has 0 radical (unpaired) electrons. The Morgan fingerprint density at radius 2 is 1.88 bits per heavy atom. The predicted octanol–water partition coefficient (Wildman–Crippen LogP) is 5.16. The molecule has 0 amide bonds. The van der Waals surface area contributed by atoms with Crippen molar-refractivity contribution in [2.45, 2.75) is 63.1 Å². The highest BCUT2D eigenvalue weighted by atomic mass is 19.4. The summed E-state index contributed by atoms with van der Waals surface area (Å²) < 4.78 is 43.0. The topological polar surface area (TPSA) is 117 Å². The SMILES string of the molecule is N[C@@H]1c2ccccc2CC12CCN(c1nc3n[nH]c(C4=CCCc5nc(C6CC6)cc(C(F)(F)F)c54)c3c(=O)[nH]1)CC2. The smallest absolute Gasteiger partial charge is 0.342 e. The minimum atomic E-state index is -4.56. The number of aromatic nitrogens is 5. The Kier molecular flexibility index (Phi) is 5.51. The molecule has 8 nitrogen and oxygen atoms in total. The van der Waals surface area contributed by atoms with Gasteiger partial charge in [0.25, 0.3) is 5.56 Å². The number of fused-ring (bicyclic) bond motifs is 3. The highest BCUT2D eigenvalue weighted by Crippen LogP contribution is 2.51. The van der Waals surface area contributed by atoms with E-state index in [0.29, 0.717) is 48.8 Å². The van der Waals surface area contributed by atoms with Crippen LogP contribution in [0.5, 0.6) is 0 Å². The van der Waals surface area contributed by atoms with Gasteiger partial charge >= 0.3 is 6.18 Å². The summed E-state index contributed by atoms with van der Waals surface area (Å²) in [7, 11) is 0. The van der Waals surface area contributed by atoms with Crippen molar-refractivity contribution >= 4 is 22.6 Å². The van der Waals surface area contributed by atoms with Gasteiger partial charge in [-0.15, -0.1) is 0 Å². The third-order valence-corrected chi connectivity index (χ3v) is 9.75. The molecule has 11 heteroatoms. The van der Waals surface area contributed by atoms with Crippen LogP contribution in [0.1, 0.15) is 83.4 Å². The van der Waals surface area contributed by atoms with E-state index in [2.05, 4.69) is 43.3 Å². The van der Waals surface area contributed by atoms with Gasteiger partial charge in [0.05, 0.1) is 11.3 Å². The van der Waals surface area contributed by atoms with Gasteiger partial charge < -0.3 is 10.6 Å². The van der Waals surface area contributed by atoms with Crippen LogP contribution in [0.4, 0.5) is 19.1 Å². The number of allylic oxidation sites excluding steroid dienone is 1. The Hall–Kier alpha value is -3.99. The quantitative estimate of drug-likeness (QED) is 0.312. The average molecular weight is 574 g/mol. The second-order valence-electron chi connectivity index (χ2n) is 12.2. The summed E-state index contributed by atoms with van der Waals surface area (Å²) >= 11 is 0. The van der Waals surface area contributed by atoms with E-state index in [0.717, 1.165) is 32.1 Å². The number of hydrogen-bond acceptors (Lipinski definition) is 6. The lowest BCUT2D eigenvalue weighted by atomic mass is 9.73. The zero-order valence-electron chi connectivity index (χ0n) is 22.9. The monoisotopic (exact) mass is 573 g/mol. The van der Waals surface area contributed by atoms with E-state index in [-0.39, 0.29) is 39.7 Å². The number of aromatic amines is 2. The molecule has 4 N–H and O–H groups in total. The first kappa shape index (κ1) is 25.7. The molecule has 8 rings (SSSR count). The van der Waals surface area contributed by atoms with Crippen molar-refractivity contribution in [2.75, 3.05) is 18.0 Å². The van der Waals surface area contributed by atoms with E-state index >= 15 is 0 Å². The Balaban J connectivity index is 1.12. The largest absolute Gasteiger partial charge is 0.417 e. The van der Waals surface area contributed by atoms with Crippen molar-refractivity contribution in [3.8, 4) is 0 Å². The Labute approximate surface area is 239 Å². The highest BCUT2D eigenvalue weighted by molar-refractivity contribution is 5.95. The zero-order valence-corrected chi connectivity index (χ0v) is 22.9. The van der Waals surface area contributed by atoms with E-state index in [1.165, 1.54) is 17.2 Å². The second-order valence-corrected chi connectivity index (χ2v) is 12.2. The summed E-state index contributed by atoms with van der Waals surface area (Å²) in [5.74, 6) is 0.503. The molecule has 0 unspecified atom stereocenters. The van der Waals surface area contributed by atoms with Gasteiger partial charge in [-0.2, -0.15) is 23.3 Å². The first-order valence-corrected chi connectivity index (χ1v) is 14.6. The van der Waals surface area contributed by atoms with Crippen LogP contribution >= 0.6 is 0 Å². The second kappa shape index (κ2) is 9.00. The van der Waals surface area contributed by atoms with Crippen molar-refractivity contribution in [3.63, 3.8) is 0 Å². The first-order valence-electron chi connectivity index (χ1n) is 14.6. The summed E-state index contributed by atoms with van der Waals surface area (Å²) in [5, 5.41) is 7.30. The number of nitrogens with zero attached hydrogens (tertiary/aromatic N) is 4. The molecule has 216 valence electrons. The van der Waals surface area contributed by atoms with E-state index in [4.69, 9.17) is 5.73 Å². The summed E-state index contributed by atoms with van der Waals surface area (Å²) in [6, 6.07) is 9.51. The molecular weight excluding hydrogens is 543 g/mol. The van der Waals surface area contributed by atoms with Crippen LogP contribution in [0.25, 0.3) is 16.6 Å². The van der Waals surface area contributed by atoms with E-state index < -0.39 is 17.3 Å². The molecule has 2 fully saturated rings. The number of hydrogen-bond donors (Lipinski definition) is 3. The van der Waals surface area contributed by atoms with E-state index in [1.807, 2.05) is 11.0 Å². The number of alkyl halides is 3. The Morgan fingerprint density at radius 1 is 1.10 bits per heavy atom. The zero-order chi connectivity index (χ0) is 28.8. The van der Waals surface area contributed by atoms with Gasteiger partial charge in [-0.25, -0.2) is 0 Å². The van der Waals surface area contributed by atoms with E-state index in [9.17, 15) is 18.0 Å². The Bertz CT molecular complexity index is 1830. The molecule has 42 heavy (non-hydrogen) atoms. The van der Waals surface area contributed by atoms with Crippen LogP contribution in [0, 0.1) is 5.41 Å². The first-order chi connectivity index (χ1) is 20.2. The van der Waals surface area contributed by atoms with Crippen LogP contribution in [0.3, 0.4) is 0 Å². The van der Waals surface area contributed by atoms with Gasteiger partial charge in [0, 0.05) is 47.6 Å². The molecule has 1 saturated carbocycles. The lowest BCUT2D eigenvalue weighted by molar-refractivity contribution is -0.137. The van der Waals surface area contributed by atoms with Crippen LogP contribution in [-0.4, -0.2) is 38.2 Å². The fraction of sp³-hybridized carbons (Fsp3) is 0.419. The molecule has 1 saturated heterocycles. The van der Waals surface area contributed by atoms with Crippen molar-refractivity contribution in [1.29, 1.82) is 0 Å². The van der Waals surface area contributed by atoms with Crippen LogP contribution in [-0.2, 0) is 19.0 Å². The third kappa shape index (κ3) is 3.93. The van der Waals surface area contributed by atoms with Gasteiger partial charge in [-0.05, 0) is 67.6 Å². The number of anilines is 1. The van der Waals surface area contributed by atoms with Crippen molar-refractivity contribution in [2.24, 2.45) is 11.1 Å². The molecule has 3 aromatic heterocycles. The average Bonchev–Trinajstić information content (AvgIpc) is 3.69. The molecule has 1 aliphatic heterocycles. The number of halogens is 3. The normalized spacial score (nSPS) is 21.5. The van der Waals surface area contributed by atoms with Crippen molar-refractivity contribution in [3.05, 3.63) is 86.1 Å². The molecule has 4 aliphatic rings. The summed E-state index contributed by atoms with van der Waals surface area (Å²) in [5.41, 5.74) is 9.76. The summed E-state index contributed by atoms with van der Waals surface area (Å²) in [6.07, 6.45) is 2.49. The molecule has 1 atom stereocenters. The maximum atomic E-state index is 14.3. The van der Waals surface area contributed by atoms with Gasteiger partial charge in [-0.3, -0.25) is 19.9 Å². The van der Waals surface area contributed by atoms with Gasteiger partial charge in [0.15, 0.2) is 5.65 Å². The van der Waals surface area contributed by atoms with Crippen LogP contribution in [0.15, 0.2) is 41.2 Å². The minimum absolute atomic E-state index is 0.0193. The molecule has 1 spiro atoms. The van der Waals surface area contributed by atoms with Gasteiger partial charge in [-0.1, -0.05) is 30.3 Å². The number of piperidine rings is 1. The molecule has 0 bridgehead atoms. The number of nitrogens with two attached hydrogens (primary N) is 1. The number of benzene rings is 1. The molecule has 4 heterocycles. The lowest BCUT2D eigenvalue weighted by Gasteiger charge is -2.42. The number of rotatable bonds is 3. The van der Waals surface area contributed by atoms with E-state index in [1.54, 1.807) is 6.08 Å². The van der Waals surface area contributed by atoms with Gasteiger partial charge in [0.2, 0.25) is 5.95 Å². The fourth-order valence-corrected chi connectivity index (χ4v) is 7.33. The van der Waals surface area contributed by atoms with Crippen LogP contribution < -0.4 is 16.2 Å². The molecular formula is C31H30F3N7O. The highest BCUT2D eigenvalue weighted by Gasteiger charge is 2.46.